The van der Waals surface area contributed by atoms with Crippen LogP contribution in [0.5, 0.6) is 0 Å². The molecule has 1 radical (unpaired) electrons. The van der Waals surface area contributed by atoms with E-state index in [1.807, 2.05) is 0 Å². The van der Waals surface area contributed by atoms with Crippen molar-refractivity contribution in [3.8, 4) is 0 Å². The van der Waals surface area contributed by atoms with Gasteiger partial charge in [0.15, 0.2) is 0 Å². The van der Waals surface area contributed by atoms with Gasteiger partial charge in [0.1, 0.15) is 5.69 Å². The summed E-state index contributed by atoms with van der Waals surface area (Å²) >= 11 is 0. The van der Waals surface area contributed by atoms with Crippen LogP contribution in [0.25, 0.3) is 0 Å². The first kappa shape index (κ1) is 6.86. The van der Waals surface area contributed by atoms with Crippen molar-refractivity contribution in [3.63, 3.8) is 0 Å². The molecule has 1 aromatic heterocycles. The molecule has 3 heteroatoms. The molecule has 0 bridgehead atoms. The maximum Gasteiger partial charge on any atom is 0.352 e. The molecule has 1 N–H and O–H groups in total. The molecule has 0 aliphatic carbocycles. The molecule has 53 valence electrons. The zero-order valence-electron chi connectivity index (χ0n) is 5.45. The Morgan fingerprint density at radius 1 is 1.80 bits per heavy atom. The second-order valence-electron chi connectivity index (χ2n) is 1.89. The quantitative estimate of drug-likeness (QED) is 0.663. The fraction of sp³-hybridized carbons (Fsp3) is 0.143. The van der Waals surface area contributed by atoms with Crippen LogP contribution in [0.2, 0.25) is 0 Å². The average molecular weight is 138 g/mol. The Balaban J connectivity index is 3.01. The number of carbonyl (C=O) groups is 1. The predicted molar refractivity (Wildman–Crippen MR) is 36.7 cm³/mol. The fourth-order valence-electron chi connectivity index (χ4n) is 0.803. The van der Waals surface area contributed by atoms with E-state index in [-0.39, 0.29) is 5.69 Å². The minimum Gasteiger partial charge on any atom is -0.477 e. The lowest BCUT2D eigenvalue weighted by Gasteiger charge is -1.98. The second kappa shape index (κ2) is 2.56. The summed E-state index contributed by atoms with van der Waals surface area (Å²) in [6.45, 7) is 4.02. The molecule has 1 rings (SSSR count). The molecule has 10 heavy (non-hydrogen) atoms. The molecule has 0 aliphatic heterocycles. The lowest BCUT2D eigenvalue weighted by atomic mass is 10.4. The molecular formula is C7H8NO2. The molecular weight excluding hydrogens is 130 g/mol. The lowest BCUT2D eigenvalue weighted by molar-refractivity contribution is 0.0686. The van der Waals surface area contributed by atoms with Gasteiger partial charge in [0.2, 0.25) is 0 Å². The van der Waals surface area contributed by atoms with Gasteiger partial charge in [-0.2, -0.15) is 0 Å². The number of rotatable bonds is 2. The zero-order chi connectivity index (χ0) is 7.56. The summed E-state index contributed by atoms with van der Waals surface area (Å²) in [5, 5.41) is 8.54. The van der Waals surface area contributed by atoms with Crippen molar-refractivity contribution in [2.75, 3.05) is 0 Å². The largest absolute Gasteiger partial charge is 0.477 e. The number of carboxylic acids is 1. The topological polar surface area (TPSA) is 42.2 Å². The van der Waals surface area contributed by atoms with E-state index in [0.29, 0.717) is 6.54 Å². The van der Waals surface area contributed by atoms with Crippen molar-refractivity contribution >= 4 is 5.97 Å². The number of aromatic carboxylic acids is 1. The fourth-order valence-corrected chi connectivity index (χ4v) is 0.803. The number of carboxylic acid groups (broad SMARTS) is 1. The maximum atomic E-state index is 10.4. The lowest BCUT2D eigenvalue weighted by Crippen LogP contribution is -2.05. The van der Waals surface area contributed by atoms with Gasteiger partial charge in [0, 0.05) is 12.7 Å². The highest BCUT2D eigenvalue weighted by atomic mass is 16.4. The van der Waals surface area contributed by atoms with Gasteiger partial charge < -0.3 is 9.67 Å². The predicted octanol–water partition coefficient (Wildman–Crippen LogP) is 1.02. The summed E-state index contributed by atoms with van der Waals surface area (Å²) in [6, 6.07) is 3.24. The van der Waals surface area contributed by atoms with Crippen LogP contribution in [0.3, 0.4) is 0 Å². The van der Waals surface area contributed by atoms with E-state index in [4.69, 9.17) is 5.11 Å². The molecule has 3 nitrogen and oxygen atoms in total. The number of nitrogens with zero attached hydrogens (tertiary/aromatic N) is 1. The molecule has 0 amide bonds. The smallest absolute Gasteiger partial charge is 0.352 e. The molecule has 0 saturated carbocycles. The van der Waals surface area contributed by atoms with E-state index in [0.717, 1.165) is 0 Å². The molecule has 0 unspecified atom stereocenters. The van der Waals surface area contributed by atoms with Crippen LogP contribution in [0, 0.1) is 6.92 Å². The maximum absolute atomic E-state index is 10.4. The van der Waals surface area contributed by atoms with Crippen LogP contribution in [0.1, 0.15) is 10.5 Å². The van der Waals surface area contributed by atoms with Gasteiger partial charge >= 0.3 is 5.97 Å². The number of hydrogen-bond donors (Lipinski definition) is 1. The summed E-state index contributed by atoms with van der Waals surface area (Å²) in [5.41, 5.74) is 0.287. The van der Waals surface area contributed by atoms with E-state index in [1.165, 1.54) is 0 Å². The first-order valence-corrected chi connectivity index (χ1v) is 2.93. The van der Waals surface area contributed by atoms with Crippen molar-refractivity contribution < 1.29 is 9.90 Å². The van der Waals surface area contributed by atoms with E-state index < -0.39 is 5.97 Å². The zero-order valence-corrected chi connectivity index (χ0v) is 5.45. The number of hydrogen-bond acceptors (Lipinski definition) is 1. The second-order valence-corrected chi connectivity index (χ2v) is 1.89. The highest BCUT2D eigenvalue weighted by molar-refractivity contribution is 5.85. The van der Waals surface area contributed by atoms with Crippen LogP contribution in [0.4, 0.5) is 0 Å². The SMILES string of the molecule is [CH2]Cn1cccc1C(=O)O. The third-order valence-corrected chi connectivity index (χ3v) is 1.29. The third-order valence-electron chi connectivity index (χ3n) is 1.29. The number of aromatic nitrogens is 1. The van der Waals surface area contributed by atoms with E-state index in [9.17, 15) is 4.79 Å². The minimum atomic E-state index is -0.909. The molecule has 0 saturated heterocycles. The molecule has 0 aliphatic rings. The summed E-state index contributed by atoms with van der Waals surface area (Å²) in [7, 11) is 0. The Hall–Kier alpha value is -1.25. The molecule has 1 aromatic rings. The van der Waals surface area contributed by atoms with Crippen molar-refractivity contribution in [1.29, 1.82) is 0 Å². The summed E-state index contributed by atoms with van der Waals surface area (Å²) in [5.74, 6) is -0.909. The molecule has 1 heterocycles. The molecule has 0 aromatic carbocycles. The highest BCUT2D eigenvalue weighted by Gasteiger charge is 2.05. The van der Waals surface area contributed by atoms with E-state index >= 15 is 0 Å². The van der Waals surface area contributed by atoms with E-state index in [2.05, 4.69) is 6.92 Å². The van der Waals surface area contributed by atoms with Crippen molar-refractivity contribution in [2.24, 2.45) is 0 Å². The average Bonchev–Trinajstić information content (AvgIpc) is 2.33. The Bertz CT molecular complexity index is 240. The van der Waals surface area contributed by atoms with Crippen LogP contribution >= 0.6 is 0 Å². The Kier molecular flexibility index (Phi) is 1.76. The van der Waals surface area contributed by atoms with Gasteiger partial charge in [-0.1, -0.05) is 0 Å². The standard InChI is InChI=1S/C7H8NO2/c1-2-8-5-3-4-6(8)7(9)10/h3-5H,1-2H2,(H,9,10). The molecule has 0 spiro atoms. The van der Waals surface area contributed by atoms with Crippen molar-refractivity contribution in [3.05, 3.63) is 30.9 Å². The highest BCUT2D eigenvalue weighted by Crippen LogP contribution is 2.00. The summed E-state index contributed by atoms with van der Waals surface area (Å²) in [4.78, 5) is 10.4. The van der Waals surface area contributed by atoms with Gasteiger partial charge in [-0.05, 0) is 19.1 Å². The van der Waals surface area contributed by atoms with Gasteiger partial charge in [0.25, 0.3) is 0 Å². The van der Waals surface area contributed by atoms with E-state index in [1.54, 1.807) is 22.9 Å². The Morgan fingerprint density at radius 2 is 2.50 bits per heavy atom. The van der Waals surface area contributed by atoms with Crippen LogP contribution < -0.4 is 0 Å². The summed E-state index contributed by atoms with van der Waals surface area (Å²) < 4.78 is 1.57. The van der Waals surface area contributed by atoms with Gasteiger partial charge in [-0.25, -0.2) is 4.79 Å². The van der Waals surface area contributed by atoms with Crippen LogP contribution in [-0.2, 0) is 6.54 Å². The van der Waals surface area contributed by atoms with Gasteiger partial charge in [-0.15, -0.1) is 0 Å². The Morgan fingerprint density at radius 3 is 2.90 bits per heavy atom. The molecule has 0 atom stereocenters. The van der Waals surface area contributed by atoms with Crippen molar-refractivity contribution in [1.82, 2.24) is 4.57 Å². The Labute approximate surface area is 58.9 Å². The van der Waals surface area contributed by atoms with Gasteiger partial charge in [0.05, 0.1) is 0 Å². The minimum absolute atomic E-state index is 0.287. The first-order valence-electron chi connectivity index (χ1n) is 2.93. The van der Waals surface area contributed by atoms with Crippen LogP contribution in [-0.4, -0.2) is 15.6 Å². The van der Waals surface area contributed by atoms with Crippen molar-refractivity contribution in [2.45, 2.75) is 6.54 Å². The normalized spacial score (nSPS) is 9.70. The first-order chi connectivity index (χ1) is 4.75. The summed E-state index contributed by atoms with van der Waals surface area (Å²) in [6.07, 6.45) is 1.69. The third kappa shape index (κ3) is 1.03. The molecule has 0 fully saturated rings. The van der Waals surface area contributed by atoms with Gasteiger partial charge in [-0.3, -0.25) is 0 Å². The van der Waals surface area contributed by atoms with Crippen LogP contribution in [0.15, 0.2) is 18.3 Å². The monoisotopic (exact) mass is 138 g/mol.